The van der Waals surface area contributed by atoms with Crippen LogP contribution in [0.4, 0.5) is 13.2 Å². The number of rotatable bonds is 4. The molecule has 1 fully saturated rings. The van der Waals surface area contributed by atoms with Crippen molar-refractivity contribution in [2.24, 2.45) is 0 Å². The molecule has 1 amide bonds. The summed E-state index contributed by atoms with van der Waals surface area (Å²) < 4.78 is 44.1. The molecule has 0 saturated carbocycles. The highest BCUT2D eigenvalue weighted by Crippen LogP contribution is 2.35. The van der Waals surface area contributed by atoms with Gasteiger partial charge in [0.15, 0.2) is 0 Å². The third-order valence-electron chi connectivity index (χ3n) is 4.70. The minimum absolute atomic E-state index is 0.0207. The number of hydrogen-bond donors (Lipinski definition) is 0. The molecule has 0 aliphatic carbocycles. The maximum atomic E-state index is 12.9. The smallest absolute Gasteiger partial charge is 0.337 e. The molecule has 1 aliphatic rings. The quantitative estimate of drug-likeness (QED) is 0.656. The van der Waals surface area contributed by atoms with Gasteiger partial charge in [-0.05, 0) is 24.1 Å². The number of likely N-dealkylation sites (tertiary alicyclic amines) is 1. The van der Waals surface area contributed by atoms with Gasteiger partial charge in [0.25, 0.3) is 0 Å². The van der Waals surface area contributed by atoms with E-state index in [1.807, 2.05) is 30.3 Å². The Hall–Kier alpha value is -3.16. The Balaban J connectivity index is 1.59. The van der Waals surface area contributed by atoms with Crippen LogP contribution in [0.5, 0.6) is 0 Å². The normalized spacial score (nSPS) is 17.3. The van der Waals surface area contributed by atoms with E-state index in [1.54, 1.807) is 4.90 Å². The van der Waals surface area contributed by atoms with Crippen LogP contribution in [-0.2, 0) is 17.5 Å². The average molecular weight is 387 g/mol. The molecule has 1 aliphatic heterocycles. The summed E-state index contributed by atoms with van der Waals surface area (Å²) in [7, 11) is 0. The molecule has 0 spiro atoms. The van der Waals surface area contributed by atoms with Crippen molar-refractivity contribution in [3.05, 3.63) is 71.6 Å². The number of halogens is 3. The van der Waals surface area contributed by atoms with Gasteiger partial charge >= 0.3 is 6.18 Å². The van der Waals surface area contributed by atoms with E-state index in [4.69, 9.17) is 4.52 Å². The van der Waals surface area contributed by atoms with Crippen LogP contribution in [0.3, 0.4) is 0 Å². The lowest BCUT2D eigenvalue weighted by molar-refractivity contribution is -0.137. The van der Waals surface area contributed by atoms with Gasteiger partial charge in [0.1, 0.15) is 6.04 Å². The van der Waals surface area contributed by atoms with Gasteiger partial charge in [-0.15, -0.1) is 0 Å². The SMILES string of the molecule is O=C1CCC(c2nc(-c3cccc(C(F)(F)F)c3)no2)N1Cc1ccccc1. The van der Waals surface area contributed by atoms with Crippen molar-refractivity contribution in [1.29, 1.82) is 0 Å². The van der Waals surface area contributed by atoms with Crippen LogP contribution >= 0.6 is 0 Å². The zero-order valence-electron chi connectivity index (χ0n) is 14.7. The summed E-state index contributed by atoms with van der Waals surface area (Å²) in [5.74, 6) is 0.280. The van der Waals surface area contributed by atoms with E-state index >= 15 is 0 Å². The fraction of sp³-hybridized carbons (Fsp3) is 0.250. The predicted molar refractivity (Wildman–Crippen MR) is 93.7 cm³/mol. The van der Waals surface area contributed by atoms with Gasteiger partial charge in [0, 0.05) is 18.5 Å². The van der Waals surface area contributed by atoms with Crippen LogP contribution in [0, 0.1) is 0 Å². The molecule has 2 aromatic carbocycles. The molecule has 28 heavy (non-hydrogen) atoms. The van der Waals surface area contributed by atoms with Gasteiger partial charge < -0.3 is 9.42 Å². The van der Waals surface area contributed by atoms with Crippen molar-refractivity contribution < 1.29 is 22.5 Å². The van der Waals surface area contributed by atoms with Crippen molar-refractivity contribution in [2.45, 2.75) is 31.6 Å². The highest BCUT2D eigenvalue weighted by molar-refractivity contribution is 5.78. The molecule has 4 rings (SSSR count). The van der Waals surface area contributed by atoms with E-state index in [0.717, 1.165) is 17.7 Å². The molecule has 5 nitrogen and oxygen atoms in total. The summed E-state index contributed by atoms with van der Waals surface area (Å²) in [6, 6.07) is 13.9. The van der Waals surface area contributed by atoms with E-state index in [-0.39, 0.29) is 29.2 Å². The van der Waals surface area contributed by atoms with E-state index < -0.39 is 11.7 Å². The molecular formula is C20H16F3N3O2. The van der Waals surface area contributed by atoms with Crippen molar-refractivity contribution in [3.63, 3.8) is 0 Å². The molecule has 0 N–H and O–H groups in total. The Kier molecular flexibility index (Phi) is 4.62. The molecule has 1 atom stereocenters. The second-order valence-corrected chi connectivity index (χ2v) is 6.60. The summed E-state index contributed by atoms with van der Waals surface area (Å²) in [6.45, 7) is 0.408. The Bertz CT molecular complexity index is 986. The molecule has 1 saturated heterocycles. The summed E-state index contributed by atoms with van der Waals surface area (Å²) in [5, 5.41) is 3.83. The molecule has 2 heterocycles. The molecule has 1 unspecified atom stereocenters. The van der Waals surface area contributed by atoms with Gasteiger partial charge in [-0.1, -0.05) is 47.6 Å². The second kappa shape index (κ2) is 7.10. The van der Waals surface area contributed by atoms with Gasteiger partial charge in [-0.25, -0.2) is 0 Å². The standard InChI is InChI=1S/C20H16F3N3O2/c21-20(22,23)15-8-4-7-14(11-15)18-24-19(28-25-18)16-9-10-17(27)26(16)12-13-5-2-1-3-6-13/h1-8,11,16H,9-10,12H2. The summed E-state index contributed by atoms with van der Waals surface area (Å²) in [6.07, 6.45) is -3.57. The fourth-order valence-corrected chi connectivity index (χ4v) is 3.29. The fourth-order valence-electron chi connectivity index (χ4n) is 3.29. The number of amides is 1. The number of hydrogen-bond acceptors (Lipinski definition) is 4. The minimum atomic E-state index is -4.45. The maximum absolute atomic E-state index is 12.9. The number of nitrogens with zero attached hydrogens (tertiary/aromatic N) is 3. The molecule has 0 radical (unpaired) electrons. The summed E-state index contributed by atoms with van der Waals surface area (Å²) in [5.41, 5.74) is 0.405. The van der Waals surface area contributed by atoms with Crippen LogP contribution in [0.15, 0.2) is 59.1 Å². The number of aromatic nitrogens is 2. The van der Waals surface area contributed by atoms with E-state index in [2.05, 4.69) is 10.1 Å². The topological polar surface area (TPSA) is 59.2 Å². The van der Waals surface area contributed by atoms with Crippen molar-refractivity contribution in [3.8, 4) is 11.4 Å². The third kappa shape index (κ3) is 3.62. The lowest BCUT2D eigenvalue weighted by Crippen LogP contribution is -2.27. The minimum Gasteiger partial charge on any atom is -0.337 e. The van der Waals surface area contributed by atoms with Crippen LogP contribution in [0.1, 0.15) is 35.9 Å². The summed E-state index contributed by atoms with van der Waals surface area (Å²) in [4.78, 5) is 18.2. The molecule has 144 valence electrons. The number of carbonyl (C=O) groups excluding carboxylic acids is 1. The first kappa shape index (κ1) is 18.2. The van der Waals surface area contributed by atoms with Crippen LogP contribution < -0.4 is 0 Å². The van der Waals surface area contributed by atoms with Crippen molar-refractivity contribution in [2.75, 3.05) is 0 Å². The van der Waals surface area contributed by atoms with E-state index in [0.29, 0.717) is 19.4 Å². The third-order valence-corrected chi connectivity index (χ3v) is 4.70. The number of benzene rings is 2. The van der Waals surface area contributed by atoms with Gasteiger partial charge in [-0.2, -0.15) is 18.2 Å². The van der Waals surface area contributed by atoms with E-state index in [1.165, 1.54) is 12.1 Å². The van der Waals surface area contributed by atoms with Crippen molar-refractivity contribution in [1.82, 2.24) is 15.0 Å². The largest absolute Gasteiger partial charge is 0.416 e. The van der Waals surface area contributed by atoms with Crippen LogP contribution in [-0.4, -0.2) is 20.9 Å². The summed E-state index contributed by atoms with van der Waals surface area (Å²) >= 11 is 0. The molecular weight excluding hydrogens is 371 g/mol. The Morgan fingerprint density at radius 1 is 1.11 bits per heavy atom. The first-order valence-corrected chi connectivity index (χ1v) is 8.76. The first-order valence-electron chi connectivity index (χ1n) is 8.76. The maximum Gasteiger partial charge on any atom is 0.416 e. The Labute approximate surface area is 158 Å². The Morgan fingerprint density at radius 3 is 2.64 bits per heavy atom. The predicted octanol–water partition coefficient (Wildman–Crippen LogP) is 4.62. The number of carbonyl (C=O) groups is 1. The first-order chi connectivity index (χ1) is 13.4. The molecule has 1 aromatic heterocycles. The zero-order chi connectivity index (χ0) is 19.7. The highest BCUT2D eigenvalue weighted by Gasteiger charge is 2.36. The number of alkyl halides is 3. The second-order valence-electron chi connectivity index (χ2n) is 6.60. The lowest BCUT2D eigenvalue weighted by atomic mass is 10.1. The highest BCUT2D eigenvalue weighted by atomic mass is 19.4. The Morgan fingerprint density at radius 2 is 1.89 bits per heavy atom. The lowest BCUT2D eigenvalue weighted by Gasteiger charge is -2.22. The molecule has 0 bridgehead atoms. The average Bonchev–Trinajstić information content (AvgIpc) is 3.30. The van der Waals surface area contributed by atoms with Gasteiger partial charge in [0.05, 0.1) is 5.56 Å². The van der Waals surface area contributed by atoms with Crippen molar-refractivity contribution >= 4 is 5.91 Å². The molecule has 8 heteroatoms. The van der Waals surface area contributed by atoms with Crippen LogP contribution in [0.2, 0.25) is 0 Å². The van der Waals surface area contributed by atoms with Crippen LogP contribution in [0.25, 0.3) is 11.4 Å². The molecule has 3 aromatic rings. The van der Waals surface area contributed by atoms with Gasteiger partial charge in [-0.3, -0.25) is 4.79 Å². The van der Waals surface area contributed by atoms with E-state index in [9.17, 15) is 18.0 Å². The monoisotopic (exact) mass is 387 g/mol. The van der Waals surface area contributed by atoms with Gasteiger partial charge in [0.2, 0.25) is 17.6 Å². The zero-order valence-corrected chi connectivity index (χ0v) is 14.7.